The zero-order valence-electron chi connectivity index (χ0n) is 69.3. The molecule has 0 aromatic carbocycles. The monoisotopic (exact) mass is 1550 g/mol. The molecule has 3 fully saturated rings. The number of allylic oxidation sites excluding steroid dienone is 5. The molecule has 3 aliphatic heterocycles. The molecule has 642 valence electrons. The first-order valence-electron chi connectivity index (χ1n) is 45.7. The molecule has 1 amide bonds. The standard InChI is InChI=1S/C90H169NO18/c1-3-5-7-9-11-13-15-17-19-21-23-25-27-29-31-33-35-37-39-41-43-45-47-49-51-53-55-57-59-61-63-65-67-74(95)73(91-78(96)68-66-64-62-60-58-56-54-52-50-48-46-44-42-40-38-36-34-32-30-28-26-24-22-20-18-16-14-12-10-8-6-4-2)72-104-88-84(102)81(99)86(76(70-93)106-88)109-90-85(103)82(100)87(77(71-94)107-90)108-89-83(101)80(98)79(97)75(69-92)105-89/h49,51,57,59,65,67,73-77,79-90,92-95,97-103H,3-48,50,52-56,58,60-64,66,68-72H2,1-2H3,(H,91,96)/b51-49+,59-57+,67-65+. The van der Waals surface area contributed by atoms with Crippen LogP contribution < -0.4 is 5.32 Å². The summed E-state index contributed by atoms with van der Waals surface area (Å²) in [4.78, 5) is 13.5. The Bertz CT molecular complexity index is 2100. The second-order valence-electron chi connectivity index (χ2n) is 32.8. The van der Waals surface area contributed by atoms with Crippen LogP contribution in [0.3, 0.4) is 0 Å². The first kappa shape index (κ1) is 101. The van der Waals surface area contributed by atoms with Crippen LogP contribution in [-0.2, 0) is 33.2 Å². The summed E-state index contributed by atoms with van der Waals surface area (Å²) in [6.07, 6.45) is 63.2. The Labute approximate surface area is 663 Å². The molecular weight excluding hydrogens is 1380 g/mol. The van der Waals surface area contributed by atoms with Crippen molar-refractivity contribution in [1.82, 2.24) is 5.32 Å². The molecular formula is C90H169NO18. The quantitative estimate of drug-likeness (QED) is 0.0199. The van der Waals surface area contributed by atoms with Crippen LogP contribution in [0.25, 0.3) is 0 Å². The average Bonchev–Trinajstić information content (AvgIpc) is 0.782. The van der Waals surface area contributed by atoms with Gasteiger partial charge in [-0.1, -0.05) is 384 Å². The molecule has 109 heavy (non-hydrogen) atoms. The highest BCUT2D eigenvalue weighted by atomic mass is 16.8. The van der Waals surface area contributed by atoms with Crippen molar-refractivity contribution in [3.63, 3.8) is 0 Å². The van der Waals surface area contributed by atoms with Crippen LogP contribution in [0.5, 0.6) is 0 Å². The van der Waals surface area contributed by atoms with E-state index in [0.717, 1.165) is 44.9 Å². The van der Waals surface area contributed by atoms with Crippen LogP contribution in [0.1, 0.15) is 399 Å². The molecule has 19 nitrogen and oxygen atoms in total. The van der Waals surface area contributed by atoms with Gasteiger partial charge in [-0.25, -0.2) is 0 Å². The van der Waals surface area contributed by atoms with Crippen molar-refractivity contribution >= 4 is 5.91 Å². The maximum Gasteiger partial charge on any atom is 0.220 e. The summed E-state index contributed by atoms with van der Waals surface area (Å²) in [5.41, 5.74) is 0. The predicted octanol–water partition coefficient (Wildman–Crippen LogP) is 17.4. The fourth-order valence-corrected chi connectivity index (χ4v) is 15.6. The number of carbonyl (C=O) groups excluding carboxylic acids is 1. The van der Waals surface area contributed by atoms with Crippen molar-refractivity contribution in [3.05, 3.63) is 36.5 Å². The second kappa shape index (κ2) is 70.2. The number of amides is 1. The SMILES string of the molecule is CCCCCCCCCCCCCCCCCCCCCCCC/C=C/CC/C=C/CC/C=C/C(O)C(COC1OC(CO)C(OC2OC(CO)C(OC3OC(CO)C(O)C(O)C3O)C(O)C2O)C(O)C1O)NC(=O)CCCCCCCCCCCCCCCCCCCCCCCCCCCCCCCCCC. The van der Waals surface area contributed by atoms with Gasteiger partial charge in [0.15, 0.2) is 18.9 Å². The molecule has 3 saturated heterocycles. The van der Waals surface area contributed by atoms with Gasteiger partial charge in [0.25, 0.3) is 0 Å². The van der Waals surface area contributed by atoms with Gasteiger partial charge in [0.05, 0.1) is 38.6 Å². The maximum absolute atomic E-state index is 13.5. The van der Waals surface area contributed by atoms with Crippen molar-refractivity contribution in [3.8, 4) is 0 Å². The molecule has 0 aromatic heterocycles. The van der Waals surface area contributed by atoms with Crippen LogP contribution >= 0.6 is 0 Å². The minimum absolute atomic E-state index is 0.237. The number of rotatable bonds is 75. The van der Waals surface area contributed by atoms with Crippen LogP contribution in [0.15, 0.2) is 36.5 Å². The van der Waals surface area contributed by atoms with Crippen LogP contribution in [0.2, 0.25) is 0 Å². The third-order valence-electron chi connectivity index (χ3n) is 22.9. The molecule has 0 radical (unpaired) electrons. The minimum Gasteiger partial charge on any atom is -0.394 e. The average molecular weight is 1550 g/mol. The lowest BCUT2D eigenvalue weighted by atomic mass is 9.96. The third-order valence-corrected chi connectivity index (χ3v) is 22.9. The van der Waals surface area contributed by atoms with Gasteiger partial charge in [0.1, 0.15) is 73.2 Å². The number of carbonyl (C=O) groups is 1. The highest BCUT2D eigenvalue weighted by molar-refractivity contribution is 5.76. The minimum atomic E-state index is -1.98. The lowest BCUT2D eigenvalue weighted by Gasteiger charge is -2.48. The lowest BCUT2D eigenvalue weighted by Crippen LogP contribution is -2.66. The van der Waals surface area contributed by atoms with E-state index in [0.29, 0.717) is 12.8 Å². The van der Waals surface area contributed by atoms with Gasteiger partial charge < -0.3 is 89.9 Å². The normalized spacial score (nSPS) is 25.4. The fraction of sp³-hybridized carbons (Fsp3) is 0.922. The summed E-state index contributed by atoms with van der Waals surface area (Å²) < 4.78 is 34.5. The summed E-state index contributed by atoms with van der Waals surface area (Å²) in [6.45, 7) is 1.79. The Morgan fingerprint density at radius 2 is 0.587 bits per heavy atom. The molecule has 17 atom stereocenters. The van der Waals surface area contributed by atoms with E-state index in [1.165, 1.54) is 321 Å². The topological polar surface area (TPSA) is 307 Å². The van der Waals surface area contributed by atoms with E-state index in [2.05, 4.69) is 43.5 Å². The van der Waals surface area contributed by atoms with Crippen molar-refractivity contribution < 1.29 is 89.4 Å². The molecule has 0 spiro atoms. The fourth-order valence-electron chi connectivity index (χ4n) is 15.6. The number of hydrogen-bond acceptors (Lipinski definition) is 18. The largest absolute Gasteiger partial charge is 0.394 e. The molecule has 0 saturated carbocycles. The van der Waals surface area contributed by atoms with E-state index in [-0.39, 0.29) is 18.9 Å². The van der Waals surface area contributed by atoms with Gasteiger partial charge >= 0.3 is 0 Å². The Hall–Kier alpha value is -1.99. The van der Waals surface area contributed by atoms with Gasteiger partial charge in [0.2, 0.25) is 5.91 Å². The number of nitrogens with one attached hydrogen (secondary N) is 1. The van der Waals surface area contributed by atoms with Crippen molar-refractivity contribution in [2.75, 3.05) is 26.4 Å². The smallest absolute Gasteiger partial charge is 0.220 e. The second-order valence-corrected chi connectivity index (χ2v) is 32.8. The van der Waals surface area contributed by atoms with Gasteiger partial charge in [0, 0.05) is 6.42 Å². The summed E-state index contributed by atoms with van der Waals surface area (Å²) in [7, 11) is 0. The first-order chi connectivity index (χ1) is 53.3. The van der Waals surface area contributed by atoms with Crippen molar-refractivity contribution in [2.45, 2.75) is 503 Å². The predicted molar refractivity (Wildman–Crippen MR) is 439 cm³/mol. The van der Waals surface area contributed by atoms with E-state index in [1.54, 1.807) is 6.08 Å². The molecule has 0 aliphatic carbocycles. The first-order valence-corrected chi connectivity index (χ1v) is 45.7. The summed E-state index contributed by atoms with van der Waals surface area (Å²) in [5, 5.41) is 121. The summed E-state index contributed by atoms with van der Waals surface area (Å²) in [5.74, 6) is -0.281. The number of hydrogen-bond donors (Lipinski definition) is 12. The highest BCUT2D eigenvalue weighted by Crippen LogP contribution is 2.34. The van der Waals surface area contributed by atoms with Crippen molar-refractivity contribution in [1.29, 1.82) is 0 Å². The van der Waals surface area contributed by atoms with Gasteiger partial charge in [-0.3, -0.25) is 4.79 Å². The molecule has 19 heteroatoms. The Morgan fingerprint density at radius 3 is 0.917 bits per heavy atom. The maximum atomic E-state index is 13.5. The van der Waals surface area contributed by atoms with Crippen molar-refractivity contribution in [2.24, 2.45) is 0 Å². The van der Waals surface area contributed by atoms with E-state index in [1.807, 2.05) is 6.08 Å². The lowest BCUT2D eigenvalue weighted by molar-refractivity contribution is -0.379. The third kappa shape index (κ3) is 49.0. The van der Waals surface area contributed by atoms with Gasteiger partial charge in [-0.05, 0) is 44.9 Å². The molecule has 3 rings (SSSR count). The van der Waals surface area contributed by atoms with E-state index in [9.17, 15) is 61.0 Å². The molecule has 3 heterocycles. The summed E-state index contributed by atoms with van der Waals surface area (Å²) in [6, 6.07) is -0.997. The zero-order valence-corrected chi connectivity index (χ0v) is 69.3. The van der Waals surface area contributed by atoms with Gasteiger partial charge in [-0.2, -0.15) is 0 Å². The van der Waals surface area contributed by atoms with E-state index in [4.69, 9.17) is 28.4 Å². The van der Waals surface area contributed by atoms with E-state index < -0.39 is 124 Å². The van der Waals surface area contributed by atoms with E-state index >= 15 is 0 Å². The van der Waals surface area contributed by atoms with Gasteiger partial charge in [-0.15, -0.1) is 0 Å². The molecule has 0 bridgehead atoms. The van der Waals surface area contributed by atoms with Crippen LogP contribution in [0.4, 0.5) is 0 Å². The number of unbranched alkanes of at least 4 members (excludes halogenated alkanes) is 55. The number of ether oxygens (including phenoxy) is 6. The summed E-state index contributed by atoms with van der Waals surface area (Å²) >= 11 is 0. The molecule has 12 N–H and O–H groups in total. The Kier molecular flexibility index (Phi) is 65.2. The molecule has 17 unspecified atom stereocenters. The highest BCUT2D eigenvalue weighted by Gasteiger charge is 2.54. The molecule has 3 aliphatic rings. The number of aliphatic hydroxyl groups excluding tert-OH is 11. The molecule has 0 aromatic rings. The Balaban J connectivity index is 1.34. The Morgan fingerprint density at radius 1 is 0.321 bits per heavy atom. The van der Waals surface area contributed by atoms with Crippen LogP contribution in [-0.4, -0.2) is 193 Å². The zero-order chi connectivity index (χ0) is 78.8. The number of aliphatic hydroxyl groups is 11. The van der Waals surface area contributed by atoms with Crippen LogP contribution in [0, 0.1) is 0 Å².